The highest BCUT2D eigenvalue weighted by Gasteiger charge is 2.18. The van der Waals surface area contributed by atoms with Gasteiger partial charge in [0, 0.05) is 5.56 Å². The molecule has 0 radical (unpaired) electrons. The molecule has 0 spiro atoms. The van der Waals surface area contributed by atoms with Gasteiger partial charge in [0.1, 0.15) is 5.75 Å². The standard InChI is InChI=1S/C15H16F2N4O5S2/c1-24-11-7-12(25-2)19-14(18-11)20-15(27)21-28(22,23)8-9-5-3-4-6-10(9)26-13(16)17/h3-7,13H,8H2,1-2H3,(H2,18,19,20,21,27). The molecule has 1 aromatic heterocycles. The van der Waals surface area contributed by atoms with Gasteiger partial charge in [-0.05, 0) is 18.3 Å². The number of sulfonamides is 1. The minimum absolute atomic E-state index is 0.0393. The van der Waals surface area contributed by atoms with E-state index in [1.54, 1.807) is 0 Å². The van der Waals surface area contributed by atoms with E-state index in [1.807, 2.05) is 0 Å². The Morgan fingerprint density at radius 3 is 2.36 bits per heavy atom. The summed E-state index contributed by atoms with van der Waals surface area (Å²) < 4.78 is 65.9. The predicted octanol–water partition coefficient (Wildman–Crippen LogP) is 1.91. The Morgan fingerprint density at radius 1 is 1.18 bits per heavy atom. The van der Waals surface area contributed by atoms with Crippen molar-refractivity contribution in [2.45, 2.75) is 12.4 Å². The number of para-hydroxylation sites is 1. The van der Waals surface area contributed by atoms with E-state index >= 15 is 0 Å². The molecule has 0 saturated heterocycles. The molecule has 0 bridgehead atoms. The van der Waals surface area contributed by atoms with Crippen LogP contribution in [0, 0.1) is 0 Å². The third kappa shape index (κ3) is 6.42. The van der Waals surface area contributed by atoms with Crippen LogP contribution in [-0.2, 0) is 15.8 Å². The Kier molecular flexibility index (Phi) is 7.23. The summed E-state index contributed by atoms with van der Waals surface area (Å²) in [5, 5.41) is 2.16. The molecular formula is C15H16F2N4O5S2. The van der Waals surface area contributed by atoms with Gasteiger partial charge in [-0.1, -0.05) is 18.2 Å². The number of nitrogens with one attached hydrogen (secondary N) is 2. The van der Waals surface area contributed by atoms with Crippen LogP contribution in [0.1, 0.15) is 5.56 Å². The number of hydrogen-bond donors (Lipinski definition) is 2. The molecule has 2 aromatic rings. The molecule has 0 unspecified atom stereocenters. The summed E-state index contributed by atoms with van der Waals surface area (Å²) in [7, 11) is -1.28. The van der Waals surface area contributed by atoms with Gasteiger partial charge >= 0.3 is 6.61 Å². The van der Waals surface area contributed by atoms with Gasteiger partial charge in [0.15, 0.2) is 5.11 Å². The number of thiocarbonyl (C=S) groups is 1. The number of nitrogens with zero attached hydrogens (tertiary/aromatic N) is 2. The maximum absolute atomic E-state index is 12.5. The van der Waals surface area contributed by atoms with Crippen molar-refractivity contribution in [3.8, 4) is 17.5 Å². The molecule has 9 nitrogen and oxygen atoms in total. The summed E-state index contributed by atoms with van der Waals surface area (Å²) in [4.78, 5) is 7.90. The Hall–Kier alpha value is -2.80. The minimum atomic E-state index is -4.04. The van der Waals surface area contributed by atoms with Crippen LogP contribution in [-0.4, -0.2) is 44.3 Å². The van der Waals surface area contributed by atoms with E-state index in [4.69, 9.17) is 21.7 Å². The number of rotatable bonds is 8. The highest BCUT2D eigenvalue weighted by molar-refractivity contribution is 7.91. The summed E-state index contributed by atoms with van der Waals surface area (Å²) in [6, 6.07) is 6.95. The molecule has 2 N–H and O–H groups in total. The lowest BCUT2D eigenvalue weighted by Crippen LogP contribution is -2.35. The quantitative estimate of drug-likeness (QED) is 0.602. The second-order valence-electron chi connectivity index (χ2n) is 5.08. The molecule has 0 aliphatic heterocycles. The number of halogens is 2. The molecular weight excluding hydrogens is 418 g/mol. The van der Waals surface area contributed by atoms with E-state index in [0.717, 1.165) is 0 Å². The number of aromatic nitrogens is 2. The zero-order valence-electron chi connectivity index (χ0n) is 14.7. The van der Waals surface area contributed by atoms with Crippen molar-refractivity contribution in [3.05, 3.63) is 35.9 Å². The Bertz CT molecular complexity index is 922. The first-order valence-corrected chi connectivity index (χ1v) is 9.59. The topological polar surface area (TPSA) is 112 Å². The molecule has 152 valence electrons. The molecule has 1 heterocycles. The number of ether oxygens (including phenoxy) is 3. The average Bonchev–Trinajstić information content (AvgIpc) is 2.61. The van der Waals surface area contributed by atoms with E-state index in [1.165, 1.54) is 44.6 Å². The van der Waals surface area contributed by atoms with Crippen LogP contribution >= 0.6 is 12.2 Å². The fourth-order valence-electron chi connectivity index (χ4n) is 2.01. The maximum Gasteiger partial charge on any atom is 0.387 e. The summed E-state index contributed by atoms with van der Waals surface area (Å²) in [5.41, 5.74) is 0.0393. The van der Waals surface area contributed by atoms with Crippen LogP contribution in [0.2, 0.25) is 0 Å². The van der Waals surface area contributed by atoms with E-state index in [0.29, 0.717) is 0 Å². The zero-order valence-corrected chi connectivity index (χ0v) is 16.3. The first kappa shape index (κ1) is 21.5. The van der Waals surface area contributed by atoms with Gasteiger partial charge in [0.25, 0.3) is 0 Å². The number of benzene rings is 1. The molecule has 1 aromatic carbocycles. The third-order valence-corrected chi connectivity index (χ3v) is 4.64. The van der Waals surface area contributed by atoms with Gasteiger partial charge in [-0.2, -0.15) is 18.7 Å². The van der Waals surface area contributed by atoms with E-state index in [-0.39, 0.29) is 34.1 Å². The SMILES string of the molecule is COc1cc(OC)nc(NC(=S)NS(=O)(=O)Cc2ccccc2OC(F)F)n1. The maximum atomic E-state index is 12.5. The first-order chi connectivity index (χ1) is 13.2. The van der Waals surface area contributed by atoms with Gasteiger partial charge in [0.2, 0.25) is 27.7 Å². The third-order valence-electron chi connectivity index (χ3n) is 3.11. The zero-order chi connectivity index (χ0) is 20.7. The second-order valence-corrected chi connectivity index (χ2v) is 7.21. The summed E-state index contributed by atoms with van der Waals surface area (Å²) in [5.74, 6) is -0.621. The Balaban J connectivity index is 2.09. The molecule has 13 heteroatoms. The van der Waals surface area contributed by atoms with Crippen molar-refractivity contribution in [1.29, 1.82) is 0 Å². The molecule has 28 heavy (non-hydrogen) atoms. The number of anilines is 1. The molecule has 2 rings (SSSR count). The van der Waals surface area contributed by atoms with E-state index < -0.39 is 22.4 Å². The first-order valence-electron chi connectivity index (χ1n) is 7.53. The van der Waals surface area contributed by atoms with Crippen LogP contribution in [0.4, 0.5) is 14.7 Å². The average molecular weight is 434 g/mol. The lowest BCUT2D eigenvalue weighted by molar-refractivity contribution is -0.0503. The van der Waals surface area contributed by atoms with Gasteiger partial charge in [0.05, 0.1) is 26.0 Å². The fourth-order valence-corrected chi connectivity index (χ4v) is 3.54. The van der Waals surface area contributed by atoms with Crippen LogP contribution in [0.15, 0.2) is 30.3 Å². The van der Waals surface area contributed by atoms with Gasteiger partial charge in [-0.25, -0.2) is 8.42 Å². The lowest BCUT2D eigenvalue weighted by atomic mass is 10.2. The van der Waals surface area contributed by atoms with Gasteiger partial charge < -0.3 is 19.5 Å². The molecule has 0 aliphatic rings. The highest BCUT2D eigenvalue weighted by Crippen LogP contribution is 2.22. The van der Waals surface area contributed by atoms with Gasteiger partial charge in [-0.3, -0.25) is 4.72 Å². The monoisotopic (exact) mass is 434 g/mol. The van der Waals surface area contributed by atoms with Crippen molar-refractivity contribution in [3.63, 3.8) is 0 Å². The smallest absolute Gasteiger partial charge is 0.387 e. The fraction of sp³-hybridized carbons (Fsp3) is 0.267. The lowest BCUT2D eigenvalue weighted by Gasteiger charge is -2.13. The van der Waals surface area contributed by atoms with Crippen LogP contribution < -0.4 is 24.2 Å². The van der Waals surface area contributed by atoms with Crippen molar-refractivity contribution in [2.24, 2.45) is 0 Å². The van der Waals surface area contributed by atoms with Crippen molar-refractivity contribution in [1.82, 2.24) is 14.7 Å². The molecule has 0 amide bonds. The highest BCUT2D eigenvalue weighted by atomic mass is 32.2. The molecule has 0 fully saturated rings. The van der Waals surface area contributed by atoms with Gasteiger partial charge in [-0.15, -0.1) is 0 Å². The van der Waals surface area contributed by atoms with Crippen LogP contribution in [0.25, 0.3) is 0 Å². The van der Waals surface area contributed by atoms with E-state index in [2.05, 4.69) is 24.7 Å². The largest absolute Gasteiger partial charge is 0.481 e. The predicted molar refractivity (Wildman–Crippen MR) is 100 cm³/mol. The van der Waals surface area contributed by atoms with Crippen molar-refractivity contribution >= 4 is 33.3 Å². The normalized spacial score (nSPS) is 11.0. The minimum Gasteiger partial charge on any atom is -0.481 e. The summed E-state index contributed by atoms with van der Waals surface area (Å²) in [6.07, 6.45) is 0. The van der Waals surface area contributed by atoms with Crippen molar-refractivity contribution < 1.29 is 31.4 Å². The van der Waals surface area contributed by atoms with Crippen LogP contribution in [0.5, 0.6) is 17.5 Å². The number of hydrogen-bond acceptors (Lipinski definition) is 8. The van der Waals surface area contributed by atoms with Crippen molar-refractivity contribution in [2.75, 3.05) is 19.5 Å². The number of alkyl halides is 2. The summed E-state index contributed by atoms with van der Waals surface area (Å²) >= 11 is 4.95. The molecule has 0 aliphatic carbocycles. The molecule has 0 atom stereocenters. The van der Waals surface area contributed by atoms with E-state index in [9.17, 15) is 17.2 Å². The number of methoxy groups -OCH3 is 2. The van der Waals surface area contributed by atoms with Crippen LogP contribution in [0.3, 0.4) is 0 Å². The Labute approximate surface area is 165 Å². The second kappa shape index (κ2) is 9.41. The Morgan fingerprint density at radius 2 is 1.79 bits per heavy atom. The summed E-state index contributed by atoms with van der Waals surface area (Å²) in [6.45, 7) is -3.08. The molecule has 0 saturated carbocycles.